The highest BCUT2D eigenvalue weighted by Gasteiger charge is 2.49. The summed E-state index contributed by atoms with van der Waals surface area (Å²) >= 11 is 6.99. The molecule has 2 fully saturated rings. The second-order valence-electron chi connectivity index (χ2n) is 6.16. The number of thioether (sulfide) groups is 1. The molecule has 0 aromatic heterocycles. The molecule has 1 aromatic carbocycles. The number of carbonyl (C=O) groups excluding carboxylic acids is 1. The molecule has 0 aliphatic carbocycles. The molecule has 0 radical (unpaired) electrons. The second kappa shape index (κ2) is 6.31. The molecule has 5 nitrogen and oxygen atoms in total. The number of anilines is 1. The lowest BCUT2D eigenvalue weighted by molar-refractivity contribution is -0.120. The Morgan fingerprint density at radius 2 is 2.12 bits per heavy atom. The molecular formula is C15H16ClFN2O3S2. The van der Waals surface area contributed by atoms with E-state index in [0.717, 1.165) is 0 Å². The Balaban J connectivity index is 2.04. The number of halogens is 2. The first-order chi connectivity index (χ1) is 11.2. The van der Waals surface area contributed by atoms with Crippen LogP contribution in [0.1, 0.15) is 13.8 Å². The van der Waals surface area contributed by atoms with Crippen molar-refractivity contribution >= 4 is 50.0 Å². The van der Waals surface area contributed by atoms with Crippen molar-refractivity contribution in [3.05, 3.63) is 29.0 Å². The van der Waals surface area contributed by atoms with Gasteiger partial charge in [-0.3, -0.25) is 4.79 Å². The maximum absolute atomic E-state index is 13.9. The van der Waals surface area contributed by atoms with Gasteiger partial charge < -0.3 is 4.90 Å². The highest BCUT2D eigenvalue weighted by molar-refractivity contribution is 8.16. The number of sulfone groups is 1. The van der Waals surface area contributed by atoms with Gasteiger partial charge in [0.15, 0.2) is 15.0 Å². The van der Waals surface area contributed by atoms with Gasteiger partial charge in [0.1, 0.15) is 5.82 Å². The highest BCUT2D eigenvalue weighted by Crippen LogP contribution is 2.41. The summed E-state index contributed by atoms with van der Waals surface area (Å²) in [6.45, 7) is 3.48. The Labute approximate surface area is 149 Å². The fourth-order valence-corrected chi connectivity index (χ4v) is 6.76. The third-order valence-electron chi connectivity index (χ3n) is 3.95. The quantitative estimate of drug-likeness (QED) is 0.776. The average molecular weight is 391 g/mol. The Morgan fingerprint density at radius 3 is 2.75 bits per heavy atom. The normalized spacial score (nSPS) is 27.0. The van der Waals surface area contributed by atoms with Gasteiger partial charge in [-0.15, -0.1) is 0 Å². The summed E-state index contributed by atoms with van der Waals surface area (Å²) in [6.07, 6.45) is 0. The molecular weight excluding hydrogens is 375 g/mol. The Bertz CT molecular complexity index is 826. The highest BCUT2D eigenvalue weighted by atomic mass is 35.5. The summed E-state index contributed by atoms with van der Waals surface area (Å²) in [5, 5.41) is 0.186. The minimum absolute atomic E-state index is 0.0158. The average Bonchev–Trinajstić information content (AvgIpc) is 2.93. The van der Waals surface area contributed by atoms with E-state index in [0.29, 0.717) is 10.9 Å². The van der Waals surface area contributed by atoms with Crippen LogP contribution in [0.4, 0.5) is 10.1 Å². The minimum atomic E-state index is -3.16. The molecule has 0 N–H and O–H groups in total. The molecule has 2 saturated heterocycles. The zero-order valence-electron chi connectivity index (χ0n) is 13.1. The van der Waals surface area contributed by atoms with Gasteiger partial charge in [0.05, 0.1) is 22.6 Å². The number of amides is 1. The van der Waals surface area contributed by atoms with Gasteiger partial charge in [-0.1, -0.05) is 37.2 Å². The lowest BCUT2D eigenvalue weighted by atomic mass is 10.2. The van der Waals surface area contributed by atoms with Gasteiger partial charge in [-0.25, -0.2) is 12.8 Å². The minimum Gasteiger partial charge on any atom is -0.315 e. The molecule has 2 aliphatic heterocycles. The molecule has 9 heteroatoms. The molecule has 1 aromatic rings. The number of carbonyl (C=O) groups is 1. The molecule has 0 unspecified atom stereocenters. The SMILES string of the molecule is CC(C)C(=O)N=C1S[C@H]2CS(=O)(=O)C[C@@H]2N1c1ccc(Cl)c(F)c1. The van der Waals surface area contributed by atoms with Gasteiger partial charge in [0.2, 0.25) is 0 Å². The van der Waals surface area contributed by atoms with Gasteiger partial charge in [-0.2, -0.15) is 4.99 Å². The van der Waals surface area contributed by atoms with Crippen molar-refractivity contribution in [3.63, 3.8) is 0 Å². The molecule has 0 spiro atoms. The van der Waals surface area contributed by atoms with Crippen molar-refractivity contribution in [3.8, 4) is 0 Å². The predicted molar refractivity (Wildman–Crippen MR) is 95.0 cm³/mol. The van der Waals surface area contributed by atoms with E-state index in [1.54, 1.807) is 24.8 Å². The van der Waals surface area contributed by atoms with Crippen LogP contribution < -0.4 is 4.90 Å². The number of benzene rings is 1. The van der Waals surface area contributed by atoms with Crippen LogP contribution in [-0.2, 0) is 14.6 Å². The zero-order valence-corrected chi connectivity index (χ0v) is 15.5. The molecule has 130 valence electrons. The largest absolute Gasteiger partial charge is 0.315 e. The van der Waals surface area contributed by atoms with Crippen LogP contribution in [0.3, 0.4) is 0 Å². The van der Waals surface area contributed by atoms with E-state index in [9.17, 15) is 17.6 Å². The second-order valence-corrected chi connectivity index (χ2v) is 9.92. The smallest absolute Gasteiger partial charge is 0.250 e. The Hall–Kier alpha value is -1.12. The number of amidine groups is 1. The summed E-state index contributed by atoms with van der Waals surface area (Å²) in [4.78, 5) is 17.8. The number of aliphatic imine (C=N–C) groups is 1. The molecule has 1 amide bonds. The topological polar surface area (TPSA) is 66.8 Å². The summed E-state index contributed by atoms with van der Waals surface area (Å²) in [5.41, 5.74) is 0.448. The van der Waals surface area contributed by atoms with E-state index < -0.39 is 15.7 Å². The lowest BCUT2D eigenvalue weighted by Gasteiger charge is -2.24. The monoisotopic (exact) mass is 390 g/mol. The Morgan fingerprint density at radius 1 is 1.42 bits per heavy atom. The van der Waals surface area contributed by atoms with Gasteiger partial charge >= 0.3 is 0 Å². The van der Waals surface area contributed by atoms with Crippen molar-refractivity contribution in [2.75, 3.05) is 16.4 Å². The fraction of sp³-hybridized carbons (Fsp3) is 0.467. The molecule has 0 bridgehead atoms. The fourth-order valence-electron chi connectivity index (χ4n) is 2.72. The van der Waals surface area contributed by atoms with Crippen molar-refractivity contribution in [1.82, 2.24) is 0 Å². The molecule has 2 heterocycles. The van der Waals surface area contributed by atoms with Crippen LogP contribution >= 0.6 is 23.4 Å². The van der Waals surface area contributed by atoms with Crippen LogP contribution in [-0.4, -0.2) is 42.3 Å². The van der Waals surface area contributed by atoms with Gasteiger partial charge in [0, 0.05) is 16.9 Å². The van der Waals surface area contributed by atoms with Crippen LogP contribution in [0.25, 0.3) is 0 Å². The van der Waals surface area contributed by atoms with Crippen molar-refractivity contribution < 1.29 is 17.6 Å². The maximum atomic E-state index is 13.9. The molecule has 3 rings (SSSR count). The third kappa shape index (κ3) is 3.32. The zero-order chi connectivity index (χ0) is 17.6. The summed E-state index contributed by atoms with van der Waals surface area (Å²) in [7, 11) is -3.16. The first kappa shape index (κ1) is 17.7. The van der Waals surface area contributed by atoms with Crippen LogP contribution in [0.2, 0.25) is 5.02 Å². The first-order valence-electron chi connectivity index (χ1n) is 7.42. The molecule has 24 heavy (non-hydrogen) atoms. The molecule has 2 atom stereocenters. The number of rotatable bonds is 2. The van der Waals surface area contributed by atoms with E-state index >= 15 is 0 Å². The van der Waals surface area contributed by atoms with E-state index in [-0.39, 0.29) is 39.6 Å². The maximum Gasteiger partial charge on any atom is 0.250 e. The van der Waals surface area contributed by atoms with E-state index in [2.05, 4.69) is 4.99 Å². The van der Waals surface area contributed by atoms with Crippen LogP contribution in [0.15, 0.2) is 23.2 Å². The predicted octanol–water partition coefficient (Wildman–Crippen LogP) is 2.74. The number of hydrogen-bond acceptors (Lipinski definition) is 4. The van der Waals surface area contributed by atoms with Crippen LogP contribution in [0.5, 0.6) is 0 Å². The summed E-state index contributed by atoms with van der Waals surface area (Å²) < 4.78 is 37.7. The number of hydrogen-bond donors (Lipinski definition) is 0. The Kier molecular flexibility index (Phi) is 4.65. The van der Waals surface area contributed by atoms with Crippen molar-refractivity contribution in [2.24, 2.45) is 10.9 Å². The molecule has 2 aliphatic rings. The summed E-state index contributed by atoms with van der Waals surface area (Å²) in [6, 6.07) is 3.90. The van der Waals surface area contributed by atoms with E-state index in [4.69, 9.17) is 11.6 Å². The third-order valence-corrected chi connectivity index (χ3v) is 7.46. The lowest BCUT2D eigenvalue weighted by Crippen LogP contribution is -2.37. The summed E-state index contributed by atoms with van der Waals surface area (Å²) in [5.74, 6) is -1.17. The van der Waals surface area contributed by atoms with E-state index in [1.807, 2.05) is 0 Å². The first-order valence-corrected chi connectivity index (χ1v) is 10.5. The van der Waals surface area contributed by atoms with Gasteiger partial charge in [0.25, 0.3) is 5.91 Å². The number of fused-ring (bicyclic) bond motifs is 1. The number of nitrogens with zero attached hydrogens (tertiary/aromatic N) is 2. The van der Waals surface area contributed by atoms with Gasteiger partial charge in [-0.05, 0) is 18.2 Å². The standard InChI is InChI=1S/C15H16ClFN2O3S2/c1-8(2)14(20)18-15-19(9-3-4-10(16)11(17)5-9)12-6-24(21,22)7-13(12)23-15/h3-5,8,12-13H,6-7H2,1-2H3/t12-,13-/m0/s1. The van der Waals surface area contributed by atoms with Crippen molar-refractivity contribution in [1.29, 1.82) is 0 Å². The van der Waals surface area contributed by atoms with Crippen LogP contribution in [0, 0.1) is 11.7 Å². The molecule has 0 saturated carbocycles. The van der Waals surface area contributed by atoms with Crippen molar-refractivity contribution in [2.45, 2.75) is 25.1 Å². The van der Waals surface area contributed by atoms with E-state index in [1.165, 1.54) is 23.9 Å².